The number of hydrogen-bond donors (Lipinski definition) is 0. The third-order valence-electron chi connectivity index (χ3n) is 3.03. The molecule has 1 fully saturated rings. The summed E-state index contributed by atoms with van der Waals surface area (Å²) < 4.78 is 0. The molecule has 84 valence electrons. The highest BCUT2D eigenvalue weighted by Gasteiger charge is 2.32. The SMILES string of the molecule is Cn1nnc(C2CCN(C(C)(C)C)C2)n1. The van der Waals surface area contributed by atoms with Gasteiger partial charge in [0, 0.05) is 18.0 Å². The van der Waals surface area contributed by atoms with E-state index in [0.717, 1.165) is 25.3 Å². The Kier molecular flexibility index (Phi) is 2.50. The van der Waals surface area contributed by atoms with E-state index < -0.39 is 0 Å². The molecule has 0 aliphatic carbocycles. The van der Waals surface area contributed by atoms with E-state index in [-0.39, 0.29) is 5.54 Å². The minimum absolute atomic E-state index is 0.247. The Hall–Kier alpha value is -0.970. The normalized spacial score (nSPS) is 23.6. The van der Waals surface area contributed by atoms with Gasteiger partial charge in [0.05, 0.1) is 7.05 Å². The van der Waals surface area contributed by atoms with Gasteiger partial charge < -0.3 is 0 Å². The van der Waals surface area contributed by atoms with Gasteiger partial charge in [-0.1, -0.05) is 0 Å². The highest BCUT2D eigenvalue weighted by molar-refractivity contribution is 4.99. The summed E-state index contributed by atoms with van der Waals surface area (Å²) >= 11 is 0. The predicted octanol–water partition coefficient (Wildman–Crippen LogP) is 0.798. The van der Waals surface area contributed by atoms with E-state index in [4.69, 9.17) is 0 Å². The monoisotopic (exact) mass is 209 g/mol. The number of tetrazole rings is 1. The van der Waals surface area contributed by atoms with E-state index >= 15 is 0 Å². The van der Waals surface area contributed by atoms with Crippen LogP contribution in [-0.2, 0) is 7.05 Å². The third-order valence-corrected chi connectivity index (χ3v) is 3.03. The maximum Gasteiger partial charge on any atom is 0.179 e. The Balaban J connectivity index is 2.04. The summed E-state index contributed by atoms with van der Waals surface area (Å²) in [6.45, 7) is 8.93. The number of aromatic nitrogens is 4. The zero-order valence-electron chi connectivity index (χ0n) is 9.93. The van der Waals surface area contributed by atoms with Crippen LogP contribution in [0.1, 0.15) is 38.9 Å². The summed E-state index contributed by atoms with van der Waals surface area (Å²) in [5.41, 5.74) is 0.247. The Morgan fingerprint density at radius 1 is 1.33 bits per heavy atom. The Morgan fingerprint density at radius 3 is 2.53 bits per heavy atom. The van der Waals surface area contributed by atoms with Gasteiger partial charge in [0.2, 0.25) is 0 Å². The number of nitrogens with zero attached hydrogens (tertiary/aromatic N) is 5. The molecule has 1 atom stereocenters. The van der Waals surface area contributed by atoms with Gasteiger partial charge in [-0.25, -0.2) is 0 Å². The summed E-state index contributed by atoms with van der Waals surface area (Å²) in [4.78, 5) is 4.02. The molecule has 1 unspecified atom stereocenters. The second-order valence-electron chi connectivity index (χ2n) is 5.24. The van der Waals surface area contributed by atoms with Crippen LogP contribution in [0.4, 0.5) is 0 Å². The van der Waals surface area contributed by atoms with Crippen molar-refractivity contribution in [1.82, 2.24) is 25.1 Å². The first kappa shape index (κ1) is 10.5. The molecule has 0 aromatic carbocycles. The van der Waals surface area contributed by atoms with Crippen molar-refractivity contribution in [1.29, 1.82) is 0 Å². The molecule has 5 nitrogen and oxygen atoms in total. The molecule has 2 rings (SSSR count). The van der Waals surface area contributed by atoms with Crippen LogP contribution >= 0.6 is 0 Å². The highest BCUT2D eigenvalue weighted by Crippen LogP contribution is 2.29. The molecule has 0 saturated carbocycles. The van der Waals surface area contributed by atoms with Crippen LogP contribution in [0.15, 0.2) is 0 Å². The number of aryl methyl sites for hydroxylation is 1. The average Bonchev–Trinajstić information content (AvgIpc) is 2.69. The molecule has 0 amide bonds. The first-order valence-electron chi connectivity index (χ1n) is 5.46. The van der Waals surface area contributed by atoms with E-state index in [1.54, 1.807) is 0 Å². The molecule has 1 saturated heterocycles. The maximum atomic E-state index is 4.28. The van der Waals surface area contributed by atoms with E-state index in [1.165, 1.54) is 4.80 Å². The topological polar surface area (TPSA) is 46.8 Å². The van der Waals surface area contributed by atoms with Crippen LogP contribution in [0.3, 0.4) is 0 Å². The molecule has 0 N–H and O–H groups in total. The predicted molar refractivity (Wildman–Crippen MR) is 57.5 cm³/mol. The summed E-state index contributed by atoms with van der Waals surface area (Å²) in [7, 11) is 1.81. The van der Waals surface area contributed by atoms with Crippen LogP contribution in [0.5, 0.6) is 0 Å². The molecular formula is C10H19N5. The number of hydrogen-bond acceptors (Lipinski definition) is 4. The molecule has 1 aliphatic rings. The summed E-state index contributed by atoms with van der Waals surface area (Å²) in [6, 6.07) is 0. The third kappa shape index (κ3) is 2.17. The fourth-order valence-electron chi connectivity index (χ4n) is 2.04. The largest absolute Gasteiger partial charge is 0.298 e. The lowest BCUT2D eigenvalue weighted by Crippen LogP contribution is -2.39. The van der Waals surface area contributed by atoms with E-state index in [0.29, 0.717) is 5.92 Å². The molecular weight excluding hydrogens is 190 g/mol. The van der Waals surface area contributed by atoms with E-state index in [9.17, 15) is 0 Å². The maximum absolute atomic E-state index is 4.28. The Labute approximate surface area is 90.5 Å². The summed E-state index contributed by atoms with van der Waals surface area (Å²) in [6.07, 6.45) is 1.14. The molecule has 5 heteroatoms. The van der Waals surface area contributed by atoms with Gasteiger partial charge in [-0.2, -0.15) is 4.80 Å². The lowest BCUT2D eigenvalue weighted by atomic mass is 10.1. The van der Waals surface area contributed by atoms with Crippen molar-refractivity contribution in [3.63, 3.8) is 0 Å². The minimum atomic E-state index is 0.247. The summed E-state index contributed by atoms with van der Waals surface area (Å²) in [5.74, 6) is 1.35. The van der Waals surface area contributed by atoms with Gasteiger partial charge in [0.15, 0.2) is 5.82 Å². The minimum Gasteiger partial charge on any atom is -0.298 e. The van der Waals surface area contributed by atoms with Crippen molar-refractivity contribution in [3.8, 4) is 0 Å². The van der Waals surface area contributed by atoms with E-state index in [2.05, 4.69) is 41.1 Å². The second-order valence-corrected chi connectivity index (χ2v) is 5.24. The molecule has 15 heavy (non-hydrogen) atoms. The second kappa shape index (κ2) is 3.56. The van der Waals surface area contributed by atoms with Gasteiger partial charge in [-0.15, -0.1) is 10.2 Å². The lowest BCUT2D eigenvalue weighted by molar-refractivity contribution is 0.172. The molecule has 0 spiro atoms. The Morgan fingerprint density at radius 2 is 2.07 bits per heavy atom. The van der Waals surface area contributed by atoms with Crippen LogP contribution in [0.2, 0.25) is 0 Å². The van der Waals surface area contributed by atoms with Crippen molar-refractivity contribution >= 4 is 0 Å². The zero-order valence-corrected chi connectivity index (χ0v) is 9.93. The van der Waals surface area contributed by atoms with Crippen LogP contribution in [0, 0.1) is 0 Å². The van der Waals surface area contributed by atoms with Crippen molar-refractivity contribution in [2.45, 2.75) is 38.6 Å². The number of rotatable bonds is 1. The van der Waals surface area contributed by atoms with Crippen LogP contribution < -0.4 is 0 Å². The average molecular weight is 209 g/mol. The number of likely N-dealkylation sites (tertiary alicyclic amines) is 1. The zero-order chi connectivity index (χ0) is 11.1. The van der Waals surface area contributed by atoms with Gasteiger partial charge in [0.25, 0.3) is 0 Å². The quantitative estimate of drug-likeness (QED) is 0.686. The van der Waals surface area contributed by atoms with Gasteiger partial charge in [-0.05, 0) is 39.0 Å². The van der Waals surface area contributed by atoms with Crippen molar-refractivity contribution in [2.75, 3.05) is 13.1 Å². The van der Waals surface area contributed by atoms with Gasteiger partial charge >= 0.3 is 0 Å². The first-order valence-corrected chi connectivity index (χ1v) is 5.46. The molecule has 0 bridgehead atoms. The molecule has 0 radical (unpaired) electrons. The van der Waals surface area contributed by atoms with Crippen LogP contribution in [-0.4, -0.2) is 43.7 Å². The van der Waals surface area contributed by atoms with Gasteiger partial charge in [0.1, 0.15) is 0 Å². The lowest BCUT2D eigenvalue weighted by Gasteiger charge is -2.31. The van der Waals surface area contributed by atoms with Crippen LogP contribution in [0.25, 0.3) is 0 Å². The van der Waals surface area contributed by atoms with Crippen molar-refractivity contribution in [3.05, 3.63) is 5.82 Å². The molecule has 1 aromatic rings. The molecule has 1 aliphatic heterocycles. The fraction of sp³-hybridized carbons (Fsp3) is 0.900. The van der Waals surface area contributed by atoms with Crippen molar-refractivity contribution in [2.24, 2.45) is 7.05 Å². The summed E-state index contributed by atoms with van der Waals surface area (Å²) in [5, 5.41) is 12.3. The van der Waals surface area contributed by atoms with Gasteiger partial charge in [-0.3, -0.25) is 4.90 Å². The van der Waals surface area contributed by atoms with Crippen molar-refractivity contribution < 1.29 is 0 Å². The Bertz CT molecular complexity index is 338. The standard InChI is InChI=1S/C10H19N5/c1-10(2,3)15-6-5-8(7-15)9-11-13-14(4)12-9/h8H,5-7H2,1-4H3. The highest BCUT2D eigenvalue weighted by atomic mass is 15.6. The smallest absolute Gasteiger partial charge is 0.179 e. The van der Waals surface area contributed by atoms with E-state index in [1.807, 2.05) is 7.05 Å². The molecule has 2 heterocycles. The first-order chi connectivity index (χ1) is 6.97. The molecule has 1 aromatic heterocycles. The fourth-order valence-corrected chi connectivity index (χ4v) is 2.04.